The molecule has 0 saturated carbocycles. The van der Waals surface area contributed by atoms with Crippen LogP contribution in [0.2, 0.25) is 0 Å². The van der Waals surface area contributed by atoms with Crippen LogP contribution in [0.3, 0.4) is 0 Å². The Hall–Kier alpha value is -0.600. The lowest BCUT2D eigenvalue weighted by atomic mass is 9.92. The molecule has 0 unspecified atom stereocenters. The highest BCUT2D eigenvalue weighted by molar-refractivity contribution is 4.97. The van der Waals surface area contributed by atoms with Gasteiger partial charge in [-0.2, -0.15) is 0 Å². The summed E-state index contributed by atoms with van der Waals surface area (Å²) in [5.41, 5.74) is -0.247. The molecule has 0 radical (unpaired) electrons. The van der Waals surface area contributed by atoms with E-state index in [9.17, 15) is 0 Å². The lowest BCUT2D eigenvalue weighted by Gasteiger charge is -2.29. The van der Waals surface area contributed by atoms with Crippen molar-refractivity contribution in [3.05, 3.63) is 25.3 Å². The van der Waals surface area contributed by atoms with Gasteiger partial charge in [-0.1, -0.05) is 12.2 Å². The van der Waals surface area contributed by atoms with Crippen LogP contribution < -0.4 is 5.32 Å². The molecule has 64 valence electrons. The minimum Gasteiger partial charge on any atom is -0.394 e. The molecule has 0 aromatic rings. The van der Waals surface area contributed by atoms with Crippen molar-refractivity contribution in [1.82, 2.24) is 5.32 Å². The molecular weight excluding hydrogens is 138 g/mol. The molecule has 0 bridgehead atoms. The van der Waals surface area contributed by atoms with Gasteiger partial charge in [-0.25, -0.2) is 0 Å². The molecule has 0 aliphatic carbocycles. The molecule has 0 atom stereocenters. The lowest BCUT2D eigenvalue weighted by Crippen LogP contribution is -2.45. The molecular formula is C9H17NO. The van der Waals surface area contributed by atoms with Crippen LogP contribution in [0, 0.1) is 0 Å². The zero-order chi connectivity index (χ0) is 8.74. The van der Waals surface area contributed by atoms with Crippen LogP contribution in [0.4, 0.5) is 0 Å². The highest BCUT2D eigenvalue weighted by atomic mass is 16.3. The first kappa shape index (κ1) is 10.4. The number of likely N-dealkylation sites (N-methyl/N-ethyl adjacent to an activating group) is 1. The molecule has 11 heavy (non-hydrogen) atoms. The fraction of sp³-hybridized carbons (Fsp3) is 0.556. The zero-order valence-corrected chi connectivity index (χ0v) is 7.14. The topological polar surface area (TPSA) is 32.3 Å². The maximum atomic E-state index is 9.08. The van der Waals surface area contributed by atoms with Gasteiger partial charge in [0.15, 0.2) is 0 Å². The second-order valence-electron chi connectivity index (χ2n) is 2.67. The molecule has 0 rings (SSSR count). The van der Waals surface area contributed by atoms with Crippen LogP contribution in [0.5, 0.6) is 0 Å². The Balaban J connectivity index is 4.17. The molecule has 2 nitrogen and oxygen atoms in total. The fourth-order valence-electron chi connectivity index (χ4n) is 1.05. The second-order valence-corrected chi connectivity index (χ2v) is 2.67. The molecule has 0 aromatic carbocycles. The van der Waals surface area contributed by atoms with Gasteiger partial charge in [-0.15, -0.1) is 13.2 Å². The maximum absolute atomic E-state index is 9.08. The minimum absolute atomic E-state index is 0.113. The summed E-state index contributed by atoms with van der Waals surface area (Å²) < 4.78 is 0. The normalized spacial score (nSPS) is 11.1. The highest BCUT2D eigenvalue weighted by Gasteiger charge is 2.23. The van der Waals surface area contributed by atoms with E-state index in [4.69, 9.17) is 5.11 Å². The van der Waals surface area contributed by atoms with E-state index in [1.165, 1.54) is 0 Å². The highest BCUT2D eigenvalue weighted by Crippen LogP contribution is 2.14. The smallest absolute Gasteiger partial charge is 0.0619 e. The summed E-state index contributed by atoms with van der Waals surface area (Å²) in [6, 6.07) is 0. The van der Waals surface area contributed by atoms with Gasteiger partial charge in [0.2, 0.25) is 0 Å². The van der Waals surface area contributed by atoms with E-state index < -0.39 is 0 Å². The summed E-state index contributed by atoms with van der Waals surface area (Å²) in [6.45, 7) is 7.39. The van der Waals surface area contributed by atoms with Crippen LogP contribution in [0.15, 0.2) is 25.3 Å². The van der Waals surface area contributed by atoms with Crippen LogP contribution in [0.25, 0.3) is 0 Å². The molecule has 0 saturated heterocycles. The minimum atomic E-state index is -0.247. The van der Waals surface area contributed by atoms with Crippen LogP contribution in [-0.2, 0) is 0 Å². The first-order chi connectivity index (χ1) is 5.24. The number of rotatable bonds is 6. The van der Waals surface area contributed by atoms with Crippen molar-refractivity contribution < 1.29 is 5.11 Å². The predicted molar refractivity (Wildman–Crippen MR) is 48.5 cm³/mol. The van der Waals surface area contributed by atoms with Crippen molar-refractivity contribution in [2.45, 2.75) is 18.4 Å². The van der Waals surface area contributed by atoms with Gasteiger partial charge in [0.05, 0.1) is 6.61 Å². The van der Waals surface area contributed by atoms with E-state index >= 15 is 0 Å². The van der Waals surface area contributed by atoms with Gasteiger partial charge in [0.1, 0.15) is 0 Å². The van der Waals surface area contributed by atoms with E-state index in [-0.39, 0.29) is 12.1 Å². The summed E-state index contributed by atoms with van der Waals surface area (Å²) >= 11 is 0. The quantitative estimate of drug-likeness (QED) is 0.563. The molecule has 0 amide bonds. The monoisotopic (exact) mass is 155 g/mol. The third-order valence-corrected chi connectivity index (χ3v) is 1.90. The van der Waals surface area contributed by atoms with Crippen LogP contribution >= 0.6 is 0 Å². The zero-order valence-electron chi connectivity index (χ0n) is 7.14. The first-order valence-corrected chi connectivity index (χ1v) is 3.76. The summed E-state index contributed by atoms with van der Waals surface area (Å²) in [7, 11) is 1.84. The van der Waals surface area contributed by atoms with E-state index in [0.29, 0.717) is 0 Å². The molecule has 0 aromatic heterocycles. The van der Waals surface area contributed by atoms with Crippen molar-refractivity contribution in [3.63, 3.8) is 0 Å². The van der Waals surface area contributed by atoms with Crippen LogP contribution in [0.1, 0.15) is 12.8 Å². The third kappa shape index (κ3) is 2.87. The van der Waals surface area contributed by atoms with Gasteiger partial charge in [-0.05, 0) is 19.9 Å². The van der Waals surface area contributed by atoms with E-state index in [1.807, 2.05) is 7.05 Å². The summed E-state index contributed by atoms with van der Waals surface area (Å²) in [5.74, 6) is 0. The SMILES string of the molecule is C=CCC(CO)(CC=C)NC. The number of aliphatic hydroxyl groups excluding tert-OH is 1. The summed E-state index contributed by atoms with van der Waals surface area (Å²) in [6.07, 6.45) is 5.12. The number of nitrogens with one attached hydrogen (secondary N) is 1. The fourth-order valence-corrected chi connectivity index (χ4v) is 1.05. The van der Waals surface area contributed by atoms with Gasteiger partial charge < -0.3 is 10.4 Å². The van der Waals surface area contributed by atoms with Crippen LogP contribution in [-0.4, -0.2) is 24.3 Å². The Bertz CT molecular complexity index is 116. The van der Waals surface area contributed by atoms with Crippen molar-refractivity contribution in [1.29, 1.82) is 0 Å². The molecule has 0 aliphatic rings. The van der Waals surface area contributed by atoms with E-state index in [1.54, 1.807) is 12.2 Å². The Labute approximate surface area is 68.6 Å². The second kappa shape index (κ2) is 5.10. The van der Waals surface area contributed by atoms with Crippen molar-refractivity contribution in [3.8, 4) is 0 Å². The molecule has 0 aliphatic heterocycles. The molecule has 0 heterocycles. The Morgan fingerprint density at radius 1 is 1.36 bits per heavy atom. The molecule has 2 heteroatoms. The molecule has 2 N–H and O–H groups in total. The average molecular weight is 155 g/mol. The predicted octanol–water partition coefficient (Wildman–Crippen LogP) is 1.09. The maximum Gasteiger partial charge on any atom is 0.0619 e. The largest absolute Gasteiger partial charge is 0.394 e. The van der Waals surface area contributed by atoms with Crippen molar-refractivity contribution in [2.75, 3.05) is 13.7 Å². The molecule has 0 spiro atoms. The Morgan fingerprint density at radius 3 is 2.00 bits per heavy atom. The van der Waals surface area contributed by atoms with Gasteiger partial charge in [0, 0.05) is 5.54 Å². The Kier molecular flexibility index (Phi) is 4.83. The summed E-state index contributed by atoms with van der Waals surface area (Å²) in [4.78, 5) is 0. The summed E-state index contributed by atoms with van der Waals surface area (Å²) in [5, 5.41) is 12.2. The Morgan fingerprint density at radius 2 is 1.82 bits per heavy atom. The standard InChI is InChI=1S/C9H17NO/c1-4-6-9(8-11,10-3)7-5-2/h4-5,10-11H,1-2,6-8H2,3H3. The number of aliphatic hydroxyl groups is 1. The van der Waals surface area contributed by atoms with Gasteiger partial charge in [0.25, 0.3) is 0 Å². The van der Waals surface area contributed by atoms with Gasteiger partial charge >= 0.3 is 0 Å². The van der Waals surface area contributed by atoms with Gasteiger partial charge in [-0.3, -0.25) is 0 Å². The van der Waals surface area contributed by atoms with E-state index in [2.05, 4.69) is 18.5 Å². The van der Waals surface area contributed by atoms with E-state index in [0.717, 1.165) is 12.8 Å². The van der Waals surface area contributed by atoms with Crippen molar-refractivity contribution >= 4 is 0 Å². The third-order valence-electron chi connectivity index (χ3n) is 1.90. The first-order valence-electron chi connectivity index (χ1n) is 3.76. The molecule has 0 fully saturated rings. The average Bonchev–Trinajstić information content (AvgIpc) is 2.04. The van der Waals surface area contributed by atoms with Crippen molar-refractivity contribution in [2.24, 2.45) is 0 Å². The lowest BCUT2D eigenvalue weighted by molar-refractivity contribution is 0.171. The number of hydrogen-bond acceptors (Lipinski definition) is 2. The number of hydrogen-bond donors (Lipinski definition) is 2.